The number of likely N-dealkylation sites (tertiary alicyclic amines) is 1. The van der Waals surface area contributed by atoms with Gasteiger partial charge >= 0.3 is 0 Å². The minimum absolute atomic E-state index is 0.220. The van der Waals surface area contributed by atoms with Crippen LogP contribution >= 0.6 is 0 Å². The molecule has 1 amide bonds. The van der Waals surface area contributed by atoms with Crippen LogP contribution in [-0.2, 0) is 22.6 Å². The molecular formula is C28H32N8O2. The first-order valence-electron chi connectivity index (χ1n) is 13.2. The Kier molecular flexibility index (Phi) is 7.03. The van der Waals surface area contributed by atoms with Gasteiger partial charge in [-0.15, -0.1) is 0 Å². The number of amides is 1. The highest BCUT2D eigenvalue weighted by Crippen LogP contribution is 2.25. The molecule has 0 radical (unpaired) electrons. The molecule has 2 aliphatic heterocycles. The molecule has 0 atom stereocenters. The van der Waals surface area contributed by atoms with Crippen molar-refractivity contribution in [2.24, 2.45) is 0 Å². The predicted molar refractivity (Wildman–Crippen MR) is 148 cm³/mol. The second-order valence-electron chi connectivity index (χ2n) is 9.60. The lowest BCUT2D eigenvalue weighted by Gasteiger charge is -2.28. The third-order valence-corrected chi connectivity index (χ3v) is 7.05. The summed E-state index contributed by atoms with van der Waals surface area (Å²) in [7, 11) is 0. The van der Waals surface area contributed by atoms with Crippen LogP contribution in [0.15, 0.2) is 60.9 Å². The fourth-order valence-corrected chi connectivity index (χ4v) is 4.94. The Hall–Kier alpha value is -4.18. The van der Waals surface area contributed by atoms with Gasteiger partial charge in [0.2, 0.25) is 11.9 Å². The number of carbonyl (C=O) groups excluding carboxylic acids is 1. The number of carbonyl (C=O) groups is 1. The van der Waals surface area contributed by atoms with Crippen molar-refractivity contribution in [1.82, 2.24) is 24.4 Å². The van der Waals surface area contributed by atoms with E-state index in [1.54, 1.807) is 6.33 Å². The Labute approximate surface area is 221 Å². The van der Waals surface area contributed by atoms with Crippen LogP contribution in [0.1, 0.15) is 18.4 Å². The van der Waals surface area contributed by atoms with E-state index >= 15 is 0 Å². The van der Waals surface area contributed by atoms with Crippen molar-refractivity contribution < 1.29 is 9.53 Å². The molecule has 0 unspecified atom stereocenters. The normalized spacial score (nSPS) is 15.8. The smallest absolute Gasteiger partial charge is 0.231 e. The van der Waals surface area contributed by atoms with Crippen LogP contribution in [0.25, 0.3) is 11.2 Å². The van der Waals surface area contributed by atoms with E-state index in [0.29, 0.717) is 43.3 Å². The summed E-state index contributed by atoms with van der Waals surface area (Å²) >= 11 is 0. The molecule has 2 N–H and O–H groups in total. The Bertz CT molecular complexity index is 1380. The maximum atomic E-state index is 12.1. The number of hydrogen-bond acceptors (Lipinski definition) is 8. The van der Waals surface area contributed by atoms with Crippen molar-refractivity contribution in [3.05, 3.63) is 66.5 Å². The minimum atomic E-state index is 0.220. The van der Waals surface area contributed by atoms with E-state index in [1.165, 1.54) is 5.69 Å². The van der Waals surface area contributed by atoms with Gasteiger partial charge in [-0.3, -0.25) is 4.79 Å². The number of hydrogen-bond donors (Lipinski definition) is 2. The van der Waals surface area contributed by atoms with Gasteiger partial charge in [0.15, 0.2) is 17.0 Å². The highest BCUT2D eigenvalue weighted by atomic mass is 16.5. The molecule has 4 heterocycles. The topological polar surface area (TPSA) is 100 Å². The van der Waals surface area contributed by atoms with Crippen molar-refractivity contribution in [2.75, 3.05) is 54.9 Å². The zero-order valence-corrected chi connectivity index (χ0v) is 21.3. The molecule has 2 fully saturated rings. The fraction of sp³-hybridized carbons (Fsp3) is 0.357. The molecule has 0 spiro atoms. The molecule has 38 heavy (non-hydrogen) atoms. The van der Waals surface area contributed by atoms with Gasteiger partial charge < -0.3 is 29.7 Å². The average molecular weight is 513 g/mol. The van der Waals surface area contributed by atoms with Crippen LogP contribution < -0.4 is 15.5 Å². The molecule has 2 aliphatic rings. The maximum Gasteiger partial charge on any atom is 0.231 e. The Balaban J connectivity index is 1.25. The first-order chi connectivity index (χ1) is 18.7. The Morgan fingerprint density at radius 2 is 1.74 bits per heavy atom. The van der Waals surface area contributed by atoms with Gasteiger partial charge in [0.25, 0.3) is 0 Å². The third-order valence-electron chi connectivity index (χ3n) is 7.05. The highest BCUT2D eigenvalue weighted by molar-refractivity contribution is 5.85. The van der Waals surface area contributed by atoms with Crippen molar-refractivity contribution in [3.8, 4) is 0 Å². The Morgan fingerprint density at radius 1 is 0.921 bits per heavy atom. The van der Waals surface area contributed by atoms with Gasteiger partial charge in [-0.2, -0.15) is 9.97 Å². The zero-order valence-electron chi connectivity index (χ0n) is 21.3. The van der Waals surface area contributed by atoms with E-state index in [0.717, 1.165) is 56.2 Å². The maximum absolute atomic E-state index is 12.1. The number of ether oxygens (including phenoxy) is 1. The van der Waals surface area contributed by atoms with Crippen molar-refractivity contribution in [2.45, 2.75) is 25.9 Å². The number of nitrogens with zero attached hydrogens (tertiary/aromatic N) is 6. The molecule has 0 bridgehead atoms. The van der Waals surface area contributed by atoms with Gasteiger partial charge in [0, 0.05) is 57.1 Å². The predicted octanol–water partition coefficient (Wildman–Crippen LogP) is 3.64. The van der Waals surface area contributed by atoms with E-state index in [9.17, 15) is 4.79 Å². The molecule has 6 rings (SSSR count). The molecule has 10 nitrogen and oxygen atoms in total. The monoisotopic (exact) mass is 512 g/mol. The number of rotatable bonds is 9. The second-order valence-corrected chi connectivity index (χ2v) is 9.60. The van der Waals surface area contributed by atoms with Crippen molar-refractivity contribution in [3.63, 3.8) is 0 Å². The number of nitrogens with one attached hydrogen (secondary N) is 2. The summed E-state index contributed by atoms with van der Waals surface area (Å²) in [6, 6.07) is 18.5. The summed E-state index contributed by atoms with van der Waals surface area (Å²) in [5.41, 5.74) is 4.68. The van der Waals surface area contributed by atoms with Crippen LogP contribution in [0.5, 0.6) is 0 Å². The van der Waals surface area contributed by atoms with Crippen LogP contribution in [-0.4, -0.2) is 69.7 Å². The number of fused-ring (bicyclic) bond motifs is 1. The molecule has 196 valence electrons. The van der Waals surface area contributed by atoms with E-state index in [1.807, 2.05) is 39.8 Å². The summed E-state index contributed by atoms with van der Waals surface area (Å²) in [4.78, 5) is 30.6. The van der Waals surface area contributed by atoms with Crippen LogP contribution in [0.3, 0.4) is 0 Å². The lowest BCUT2D eigenvalue weighted by Crippen LogP contribution is -2.36. The number of morpholine rings is 1. The number of anilines is 4. The van der Waals surface area contributed by atoms with E-state index in [4.69, 9.17) is 14.7 Å². The van der Waals surface area contributed by atoms with Gasteiger partial charge in [-0.05, 0) is 36.2 Å². The van der Waals surface area contributed by atoms with Gasteiger partial charge in [-0.1, -0.05) is 30.3 Å². The molecule has 2 aromatic heterocycles. The van der Waals surface area contributed by atoms with Gasteiger partial charge in [0.05, 0.1) is 19.5 Å². The van der Waals surface area contributed by atoms with Crippen LogP contribution in [0, 0.1) is 0 Å². The molecule has 0 aliphatic carbocycles. The fourth-order valence-electron chi connectivity index (χ4n) is 4.94. The summed E-state index contributed by atoms with van der Waals surface area (Å²) < 4.78 is 7.47. The largest absolute Gasteiger partial charge is 0.378 e. The first-order valence-corrected chi connectivity index (χ1v) is 13.2. The zero-order chi connectivity index (χ0) is 25.7. The number of aromatic nitrogens is 4. The van der Waals surface area contributed by atoms with E-state index in [-0.39, 0.29) is 5.91 Å². The molecule has 2 saturated heterocycles. The standard InChI is InChI=1S/C28H32N8O2/c37-24-7-4-12-35(24)13-14-36-20-30-25-26(29-19-21-5-2-1-3-6-21)32-28(33-27(25)36)31-22-8-10-23(11-9-22)34-15-17-38-18-16-34/h1-3,5-6,8-11,20H,4,7,12-19H2,(H2,29,31,32,33). The molecule has 10 heteroatoms. The van der Waals surface area contributed by atoms with E-state index < -0.39 is 0 Å². The SMILES string of the molecule is O=C1CCCN1CCn1cnc2c(NCc3ccccc3)nc(Nc3ccc(N4CCOCC4)cc3)nc21. The van der Waals surface area contributed by atoms with Crippen LogP contribution in [0.2, 0.25) is 0 Å². The lowest BCUT2D eigenvalue weighted by molar-refractivity contribution is -0.127. The molecule has 0 saturated carbocycles. The highest BCUT2D eigenvalue weighted by Gasteiger charge is 2.21. The summed E-state index contributed by atoms with van der Waals surface area (Å²) in [6.07, 6.45) is 3.35. The number of imidazole rings is 1. The van der Waals surface area contributed by atoms with Crippen molar-refractivity contribution >= 4 is 40.2 Å². The second kappa shape index (κ2) is 11.1. The molecule has 4 aromatic rings. The van der Waals surface area contributed by atoms with Crippen LogP contribution in [0.4, 0.5) is 23.1 Å². The van der Waals surface area contributed by atoms with Gasteiger partial charge in [0.1, 0.15) is 0 Å². The third kappa shape index (κ3) is 5.40. The lowest BCUT2D eigenvalue weighted by atomic mass is 10.2. The summed E-state index contributed by atoms with van der Waals surface area (Å²) in [6.45, 7) is 6.02. The first kappa shape index (κ1) is 24.2. The van der Waals surface area contributed by atoms with Crippen molar-refractivity contribution in [1.29, 1.82) is 0 Å². The minimum Gasteiger partial charge on any atom is -0.378 e. The quantitative estimate of drug-likeness (QED) is 0.351. The van der Waals surface area contributed by atoms with E-state index in [2.05, 4.69) is 44.8 Å². The Morgan fingerprint density at radius 3 is 2.50 bits per heavy atom. The average Bonchev–Trinajstić information content (AvgIpc) is 3.57. The summed E-state index contributed by atoms with van der Waals surface area (Å²) in [5, 5.41) is 6.82. The molecular weight excluding hydrogens is 480 g/mol. The molecule has 2 aromatic carbocycles. The van der Waals surface area contributed by atoms with Gasteiger partial charge in [-0.25, -0.2) is 4.98 Å². The summed E-state index contributed by atoms with van der Waals surface area (Å²) in [5.74, 6) is 1.38. The number of benzene rings is 2.